The topological polar surface area (TPSA) is 115 Å². The molecule has 8 nitrogen and oxygen atoms in total. The van der Waals surface area contributed by atoms with Gasteiger partial charge < -0.3 is 20.5 Å². The number of nitrogens with two attached hydrogens (primary N) is 1. The van der Waals surface area contributed by atoms with E-state index in [1.54, 1.807) is 24.3 Å². The number of nitrogens with one attached hydrogen (secondary N) is 1. The van der Waals surface area contributed by atoms with Crippen LogP contribution < -0.4 is 15.8 Å². The highest BCUT2D eigenvalue weighted by Crippen LogP contribution is 2.33. The largest absolute Gasteiger partial charge is 0.496 e. The zero-order chi connectivity index (χ0) is 24.2. The van der Waals surface area contributed by atoms with Crippen LogP contribution in [0, 0.1) is 23.0 Å². The molecule has 1 aromatic heterocycles. The van der Waals surface area contributed by atoms with Gasteiger partial charge in [0, 0.05) is 24.3 Å². The number of rotatable bonds is 6. The van der Waals surface area contributed by atoms with Crippen molar-refractivity contribution in [1.29, 1.82) is 5.26 Å². The number of anilines is 1. The van der Waals surface area contributed by atoms with Crippen molar-refractivity contribution in [3.8, 4) is 23.1 Å². The van der Waals surface area contributed by atoms with E-state index in [9.17, 15) is 14.4 Å². The fourth-order valence-corrected chi connectivity index (χ4v) is 3.95. The SMILES string of the molecule is COc1ccccc1C(=O)NCc1ccc(-c2nn(C3CCCOC3)c(N)c2C#N)c(F)c1F. The van der Waals surface area contributed by atoms with Crippen LogP contribution in [0.4, 0.5) is 14.6 Å². The van der Waals surface area contributed by atoms with Crippen LogP contribution in [0.2, 0.25) is 0 Å². The van der Waals surface area contributed by atoms with Crippen molar-refractivity contribution in [2.75, 3.05) is 26.1 Å². The molecule has 1 amide bonds. The molecule has 1 fully saturated rings. The van der Waals surface area contributed by atoms with Crippen LogP contribution in [-0.2, 0) is 11.3 Å². The second kappa shape index (κ2) is 9.89. The van der Waals surface area contributed by atoms with E-state index in [1.165, 1.54) is 23.9 Å². The van der Waals surface area contributed by atoms with E-state index in [4.69, 9.17) is 15.2 Å². The average molecular weight is 467 g/mol. The van der Waals surface area contributed by atoms with E-state index in [2.05, 4.69) is 10.4 Å². The molecule has 10 heteroatoms. The van der Waals surface area contributed by atoms with Gasteiger partial charge in [-0.3, -0.25) is 4.79 Å². The molecular formula is C24H23F2N5O3. The molecule has 1 aliphatic heterocycles. The third-order valence-electron chi connectivity index (χ3n) is 5.75. The maximum atomic E-state index is 15.1. The Morgan fingerprint density at radius 2 is 2.12 bits per heavy atom. The highest BCUT2D eigenvalue weighted by atomic mass is 19.2. The van der Waals surface area contributed by atoms with Gasteiger partial charge in [0.15, 0.2) is 11.6 Å². The fraction of sp³-hybridized carbons (Fsp3) is 0.292. The van der Waals surface area contributed by atoms with Gasteiger partial charge in [0.25, 0.3) is 5.91 Å². The molecule has 1 unspecified atom stereocenters. The van der Waals surface area contributed by atoms with E-state index in [-0.39, 0.29) is 46.4 Å². The third kappa shape index (κ3) is 4.30. The smallest absolute Gasteiger partial charge is 0.255 e. The normalized spacial score (nSPS) is 15.5. The number of hydrogen-bond acceptors (Lipinski definition) is 6. The summed E-state index contributed by atoms with van der Waals surface area (Å²) >= 11 is 0. The van der Waals surface area contributed by atoms with Gasteiger partial charge in [-0.15, -0.1) is 0 Å². The number of aromatic nitrogens is 2. The average Bonchev–Trinajstić information content (AvgIpc) is 3.20. The summed E-state index contributed by atoms with van der Waals surface area (Å²) in [7, 11) is 1.44. The van der Waals surface area contributed by atoms with Crippen LogP contribution in [0.25, 0.3) is 11.3 Å². The first-order valence-corrected chi connectivity index (χ1v) is 10.7. The third-order valence-corrected chi connectivity index (χ3v) is 5.75. The van der Waals surface area contributed by atoms with E-state index < -0.39 is 17.5 Å². The monoisotopic (exact) mass is 467 g/mol. The van der Waals surface area contributed by atoms with Gasteiger partial charge in [0.05, 0.1) is 25.3 Å². The molecule has 1 saturated heterocycles. The molecule has 4 rings (SSSR count). The zero-order valence-corrected chi connectivity index (χ0v) is 18.5. The first-order chi connectivity index (χ1) is 16.5. The summed E-state index contributed by atoms with van der Waals surface area (Å²) in [6, 6.07) is 11.0. The highest BCUT2D eigenvalue weighted by molar-refractivity contribution is 5.96. The molecule has 34 heavy (non-hydrogen) atoms. The maximum Gasteiger partial charge on any atom is 0.255 e. The van der Waals surface area contributed by atoms with Crippen molar-refractivity contribution in [1.82, 2.24) is 15.1 Å². The Morgan fingerprint density at radius 3 is 2.82 bits per heavy atom. The Balaban J connectivity index is 1.60. The maximum absolute atomic E-state index is 15.1. The zero-order valence-electron chi connectivity index (χ0n) is 18.5. The molecule has 0 bridgehead atoms. The molecule has 0 aliphatic carbocycles. The molecule has 2 heterocycles. The van der Waals surface area contributed by atoms with Crippen molar-refractivity contribution in [2.24, 2.45) is 0 Å². The minimum Gasteiger partial charge on any atom is -0.496 e. The van der Waals surface area contributed by atoms with Gasteiger partial charge >= 0.3 is 0 Å². The van der Waals surface area contributed by atoms with Crippen LogP contribution >= 0.6 is 0 Å². The molecule has 0 saturated carbocycles. The standard InChI is InChI=1S/C24H23F2N5O3/c1-33-19-7-3-2-6-16(19)24(32)29-12-14-8-9-17(21(26)20(14)25)22-18(11-27)23(28)31(30-22)15-5-4-10-34-13-15/h2-3,6-9,15H,4-5,10,12-13,28H2,1H3,(H,29,32). The Kier molecular flexibility index (Phi) is 6.75. The molecule has 176 valence electrons. The highest BCUT2D eigenvalue weighted by Gasteiger charge is 2.27. The predicted molar refractivity (Wildman–Crippen MR) is 120 cm³/mol. The van der Waals surface area contributed by atoms with E-state index in [1.807, 2.05) is 6.07 Å². The van der Waals surface area contributed by atoms with Crippen LogP contribution in [-0.4, -0.2) is 36.0 Å². The summed E-state index contributed by atoms with van der Waals surface area (Å²) in [4.78, 5) is 12.5. The minimum absolute atomic E-state index is 0.0268. The van der Waals surface area contributed by atoms with Crippen LogP contribution in [0.3, 0.4) is 0 Å². The molecule has 1 aliphatic rings. The number of hydrogen-bond donors (Lipinski definition) is 2. The Morgan fingerprint density at radius 1 is 1.32 bits per heavy atom. The summed E-state index contributed by atoms with van der Waals surface area (Å²) in [5.74, 6) is -2.36. The first kappa shape index (κ1) is 23.2. The Hall–Kier alpha value is -3.97. The molecule has 3 N–H and O–H groups in total. The van der Waals surface area contributed by atoms with E-state index >= 15 is 4.39 Å². The van der Waals surface area contributed by atoms with Gasteiger partial charge in [-0.05, 0) is 31.0 Å². The number of para-hydroxylation sites is 1. The fourth-order valence-electron chi connectivity index (χ4n) is 3.95. The minimum atomic E-state index is -1.18. The van der Waals surface area contributed by atoms with Crippen LogP contribution in [0.15, 0.2) is 36.4 Å². The Bertz CT molecular complexity index is 1260. The summed E-state index contributed by atoms with van der Waals surface area (Å²) in [5, 5.41) is 16.5. The lowest BCUT2D eigenvalue weighted by Crippen LogP contribution is -2.24. The van der Waals surface area contributed by atoms with Gasteiger partial charge in [-0.2, -0.15) is 10.4 Å². The summed E-state index contributed by atoms with van der Waals surface area (Å²) in [5.41, 5.74) is 6.08. The van der Waals surface area contributed by atoms with Gasteiger partial charge in [-0.25, -0.2) is 13.5 Å². The predicted octanol–water partition coefficient (Wildman–Crippen LogP) is 3.57. The van der Waals surface area contributed by atoms with Crippen LogP contribution in [0.5, 0.6) is 5.75 Å². The second-order valence-electron chi connectivity index (χ2n) is 7.82. The quantitative estimate of drug-likeness (QED) is 0.573. The van der Waals surface area contributed by atoms with E-state index in [0.29, 0.717) is 19.0 Å². The summed E-state index contributed by atoms with van der Waals surface area (Å²) in [6.07, 6.45) is 1.55. The lowest BCUT2D eigenvalue weighted by molar-refractivity contribution is 0.0558. The van der Waals surface area contributed by atoms with Crippen molar-refractivity contribution >= 4 is 11.7 Å². The van der Waals surface area contributed by atoms with Gasteiger partial charge in [0.1, 0.15) is 28.9 Å². The van der Waals surface area contributed by atoms with Crippen LogP contribution in [0.1, 0.15) is 40.4 Å². The van der Waals surface area contributed by atoms with Gasteiger partial charge in [0.2, 0.25) is 0 Å². The lowest BCUT2D eigenvalue weighted by atomic mass is 10.0. The molecule has 1 atom stereocenters. The number of nitriles is 1. The number of carbonyl (C=O) groups is 1. The number of benzene rings is 2. The van der Waals surface area contributed by atoms with Crippen molar-refractivity contribution in [3.63, 3.8) is 0 Å². The number of carbonyl (C=O) groups excluding carboxylic acids is 1. The molecule has 0 radical (unpaired) electrons. The van der Waals surface area contributed by atoms with Crippen molar-refractivity contribution in [3.05, 3.63) is 64.7 Å². The van der Waals surface area contributed by atoms with Crippen molar-refractivity contribution < 1.29 is 23.0 Å². The lowest BCUT2D eigenvalue weighted by Gasteiger charge is -2.23. The summed E-state index contributed by atoms with van der Waals surface area (Å²) < 4.78 is 42.1. The molecule has 2 aromatic carbocycles. The molecule has 0 spiro atoms. The number of nitrogen functional groups attached to an aromatic ring is 1. The number of halogens is 2. The number of nitrogens with zero attached hydrogens (tertiary/aromatic N) is 3. The second-order valence-corrected chi connectivity index (χ2v) is 7.82. The first-order valence-electron chi connectivity index (χ1n) is 10.7. The number of amides is 1. The molecular weight excluding hydrogens is 444 g/mol. The van der Waals surface area contributed by atoms with E-state index in [0.717, 1.165) is 12.8 Å². The van der Waals surface area contributed by atoms with Crippen molar-refractivity contribution in [2.45, 2.75) is 25.4 Å². The molecule has 3 aromatic rings. The van der Waals surface area contributed by atoms with Gasteiger partial charge in [-0.1, -0.05) is 18.2 Å². The number of ether oxygens (including phenoxy) is 2. The number of methoxy groups -OCH3 is 1. The Labute approximate surface area is 194 Å². The summed E-state index contributed by atoms with van der Waals surface area (Å²) in [6.45, 7) is 0.753.